The van der Waals surface area contributed by atoms with Crippen molar-refractivity contribution in [1.29, 1.82) is 0 Å². The minimum absolute atomic E-state index is 0.136. The van der Waals surface area contributed by atoms with E-state index in [1.54, 1.807) is 18.2 Å². The SMILES string of the molecule is Cc1cc(N(C)C)ccc1OS(=O)(=O)Cc1ccccc1. The highest BCUT2D eigenvalue weighted by atomic mass is 32.2. The second-order valence-corrected chi connectivity index (χ2v) is 6.69. The first-order valence-corrected chi connectivity index (χ1v) is 8.19. The van der Waals surface area contributed by atoms with Crippen LogP contribution in [-0.2, 0) is 15.9 Å². The molecule has 0 saturated heterocycles. The van der Waals surface area contributed by atoms with E-state index in [0.717, 1.165) is 11.3 Å². The van der Waals surface area contributed by atoms with E-state index in [9.17, 15) is 8.42 Å². The second kappa shape index (κ2) is 6.18. The molecule has 0 atom stereocenters. The molecule has 4 nitrogen and oxygen atoms in total. The van der Waals surface area contributed by atoms with Gasteiger partial charge in [-0.2, -0.15) is 8.42 Å². The summed E-state index contributed by atoms with van der Waals surface area (Å²) in [6.45, 7) is 1.83. The summed E-state index contributed by atoms with van der Waals surface area (Å²) in [5, 5.41) is 0. The van der Waals surface area contributed by atoms with Gasteiger partial charge in [0.05, 0.1) is 0 Å². The smallest absolute Gasteiger partial charge is 0.313 e. The molecule has 0 aliphatic carbocycles. The average molecular weight is 305 g/mol. The molecule has 21 heavy (non-hydrogen) atoms. The van der Waals surface area contributed by atoms with Crippen molar-refractivity contribution in [1.82, 2.24) is 0 Å². The van der Waals surface area contributed by atoms with E-state index in [4.69, 9.17) is 4.18 Å². The van der Waals surface area contributed by atoms with Crippen molar-refractivity contribution in [3.8, 4) is 5.75 Å². The monoisotopic (exact) mass is 305 g/mol. The Bertz CT molecular complexity index is 710. The predicted octanol–water partition coefficient (Wildman–Crippen LogP) is 2.97. The largest absolute Gasteiger partial charge is 0.382 e. The van der Waals surface area contributed by atoms with Gasteiger partial charge < -0.3 is 9.08 Å². The molecular formula is C16H19NO3S. The summed E-state index contributed by atoms with van der Waals surface area (Å²) in [5.74, 6) is 0.236. The Kier molecular flexibility index (Phi) is 4.53. The van der Waals surface area contributed by atoms with Crippen LogP contribution in [0, 0.1) is 6.92 Å². The van der Waals surface area contributed by atoms with Crippen LogP contribution in [0.4, 0.5) is 5.69 Å². The highest BCUT2D eigenvalue weighted by Gasteiger charge is 2.15. The molecule has 0 heterocycles. The van der Waals surface area contributed by atoms with E-state index in [1.807, 2.05) is 56.3 Å². The molecule has 0 aromatic heterocycles. The minimum atomic E-state index is -3.66. The molecule has 0 fully saturated rings. The Balaban J connectivity index is 2.17. The summed E-state index contributed by atoms with van der Waals surface area (Å²) in [5.41, 5.74) is 2.50. The highest BCUT2D eigenvalue weighted by Crippen LogP contribution is 2.25. The first-order valence-electron chi connectivity index (χ1n) is 6.61. The number of hydrogen-bond donors (Lipinski definition) is 0. The molecule has 2 aromatic carbocycles. The van der Waals surface area contributed by atoms with Gasteiger partial charge in [-0.3, -0.25) is 0 Å². The van der Waals surface area contributed by atoms with Gasteiger partial charge in [0.15, 0.2) is 0 Å². The van der Waals surface area contributed by atoms with Crippen LogP contribution in [0.3, 0.4) is 0 Å². The van der Waals surface area contributed by atoms with Gasteiger partial charge in [0.25, 0.3) is 0 Å². The summed E-state index contributed by atoms with van der Waals surface area (Å²) in [4.78, 5) is 1.95. The van der Waals surface area contributed by atoms with Gasteiger partial charge in [-0.05, 0) is 36.2 Å². The summed E-state index contributed by atoms with van der Waals surface area (Å²) in [6, 6.07) is 14.4. The summed E-state index contributed by atoms with van der Waals surface area (Å²) in [7, 11) is 0.207. The van der Waals surface area contributed by atoms with Crippen LogP contribution in [0.25, 0.3) is 0 Å². The standard InChI is InChI=1S/C16H19NO3S/c1-13-11-15(17(2)3)9-10-16(13)20-21(18,19)12-14-7-5-4-6-8-14/h4-11H,12H2,1-3H3. The van der Waals surface area contributed by atoms with Gasteiger partial charge in [-0.25, -0.2) is 0 Å². The van der Waals surface area contributed by atoms with E-state index in [-0.39, 0.29) is 5.75 Å². The summed E-state index contributed by atoms with van der Waals surface area (Å²) in [6.07, 6.45) is 0. The van der Waals surface area contributed by atoms with E-state index < -0.39 is 10.1 Å². The Hall–Kier alpha value is -2.01. The van der Waals surface area contributed by atoms with Gasteiger partial charge >= 0.3 is 10.1 Å². The summed E-state index contributed by atoms with van der Waals surface area (Å²) >= 11 is 0. The molecule has 0 amide bonds. The Morgan fingerprint density at radius 3 is 2.29 bits per heavy atom. The highest BCUT2D eigenvalue weighted by molar-refractivity contribution is 7.86. The van der Waals surface area contributed by atoms with Crippen LogP contribution in [0.1, 0.15) is 11.1 Å². The van der Waals surface area contributed by atoms with Gasteiger partial charge in [0, 0.05) is 19.8 Å². The number of benzene rings is 2. The molecule has 0 unspecified atom stereocenters. The zero-order valence-corrected chi connectivity index (χ0v) is 13.2. The number of anilines is 1. The van der Waals surface area contributed by atoms with Gasteiger partial charge in [0.2, 0.25) is 0 Å². The van der Waals surface area contributed by atoms with Gasteiger partial charge in [-0.15, -0.1) is 0 Å². The third-order valence-corrected chi connectivity index (χ3v) is 4.20. The Labute approximate surface area is 126 Å². The molecule has 2 aromatic rings. The van der Waals surface area contributed by atoms with Crippen molar-refractivity contribution >= 4 is 15.8 Å². The fourth-order valence-corrected chi connectivity index (χ4v) is 3.07. The van der Waals surface area contributed by atoms with E-state index in [1.165, 1.54) is 0 Å². The lowest BCUT2D eigenvalue weighted by atomic mass is 10.2. The van der Waals surface area contributed by atoms with Crippen molar-refractivity contribution < 1.29 is 12.6 Å². The molecule has 0 radical (unpaired) electrons. The number of hydrogen-bond acceptors (Lipinski definition) is 4. The van der Waals surface area contributed by atoms with E-state index in [0.29, 0.717) is 11.3 Å². The zero-order valence-electron chi connectivity index (χ0n) is 12.4. The maximum absolute atomic E-state index is 12.1. The quantitative estimate of drug-likeness (QED) is 0.797. The van der Waals surface area contributed by atoms with Crippen molar-refractivity contribution in [3.05, 3.63) is 59.7 Å². The molecule has 2 rings (SSSR count). The summed E-state index contributed by atoms with van der Waals surface area (Å²) < 4.78 is 29.4. The first kappa shape index (κ1) is 15.4. The van der Waals surface area contributed by atoms with Crippen molar-refractivity contribution in [2.75, 3.05) is 19.0 Å². The zero-order chi connectivity index (χ0) is 15.5. The maximum Gasteiger partial charge on any atom is 0.313 e. The molecule has 0 aliphatic rings. The molecule has 112 valence electrons. The van der Waals surface area contributed by atoms with Gasteiger partial charge in [-0.1, -0.05) is 30.3 Å². The average Bonchev–Trinajstić information content (AvgIpc) is 2.41. The number of aryl methyl sites for hydroxylation is 1. The van der Waals surface area contributed by atoms with E-state index in [2.05, 4.69) is 0 Å². The fraction of sp³-hybridized carbons (Fsp3) is 0.250. The van der Waals surface area contributed by atoms with Crippen LogP contribution in [-0.4, -0.2) is 22.5 Å². The van der Waals surface area contributed by atoms with Crippen molar-refractivity contribution in [2.45, 2.75) is 12.7 Å². The topological polar surface area (TPSA) is 46.6 Å². The number of rotatable bonds is 5. The third kappa shape index (κ3) is 4.23. The van der Waals surface area contributed by atoms with E-state index >= 15 is 0 Å². The van der Waals surface area contributed by atoms with Crippen LogP contribution in [0.15, 0.2) is 48.5 Å². The lowest BCUT2D eigenvalue weighted by Crippen LogP contribution is -2.13. The third-order valence-electron chi connectivity index (χ3n) is 3.08. The molecule has 0 N–H and O–H groups in total. The van der Waals surface area contributed by atoms with Gasteiger partial charge in [0.1, 0.15) is 11.5 Å². The van der Waals surface area contributed by atoms with Crippen LogP contribution in [0.2, 0.25) is 0 Å². The molecule has 0 bridgehead atoms. The number of nitrogens with zero attached hydrogens (tertiary/aromatic N) is 1. The maximum atomic E-state index is 12.1. The van der Waals surface area contributed by atoms with Crippen LogP contribution in [0.5, 0.6) is 5.75 Å². The Morgan fingerprint density at radius 2 is 1.71 bits per heavy atom. The molecule has 0 spiro atoms. The fourth-order valence-electron chi connectivity index (χ4n) is 1.95. The molecule has 0 aliphatic heterocycles. The second-order valence-electron chi connectivity index (χ2n) is 5.12. The van der Waals surface area contributed by atoms with Crippen molar-refractivity contribution in [2.24, 2.45) is 0 Å². The van der Waals surface area contributed by atoms with Crippen LogP contribution >= 0.6 is 0 Å². The minimum Gasteiger partial charge on any atom is -0.382 e. The normalized spacial score (nSPS) is 11.2. The molecule has 5 heteroatoms. The first-order chi connectivity index (χ1) is 9.87. The lowest BCUT2D eigenvalue weighted by Gasteiger charge is -2.15. The molecule has 0 saturated carbocycles. The van der Waals surface area contributed by atoms with Crippen LogP contribution < -0.4 is 9.08 Å². The lowest BCUT2D eigenvalue weighted by molar-refractivity contribution is 0.483. The Morgan fingerprint density at radius 1 is 1.05 bits per heavy atom. The van der Waals surface area contributed by atoms with Crippen molar-refractivity contribution in [3.63, 3.8) is 0 Å². The molecular weight excluding hydrogens is 286 g/mol. The predicted molar refractivity (Wildman–Crippen MR) is 85.2 cm³/mol.